The normalized spacial score (nSPS) is 10.3. The molecule has 0 bridgehead atoms. The smallest absolute Gasteiger partial charge is 0.335 e. The SMILES string of the molecule is O=C(O)c1ccc(Nc2cc(Cl)c(F)c(Cl)c2)cc1. The van der Waals surface area contributed by atoms with E-state index in [4.69, 9.17) is 28.3 Å². The van der Waals surface area contributed by atoms with Gasteiger partial charge < -0.3 is 10.4 Å². The zero-order valence-electron chi connectivity index (χ0n) is 9.45. The fourth-order valence-electron chi connectivity index (χ4n) is 1.49. The lowest BCUT2D eigenvalue weighted by Gasteiger charge is -2.08. The van der Waals surface area contributed by atoms with Crippen molar-refractivity contribution in [1.82, 2.24) is 0 Å². The van der Waals surface area contributed by atoms with Crippen LogP contribution in [0.1, 0.15) is 10.4 Å². The van der Waals surface area contributed by atoms with Crippen LogP contribution in [0.25, 0.3) is 0 Å². The molecule has 0 spiro atoms. The molecular weight excluding hydrogens is 292 g/mol. The van der Waals surface area contributed by atoms with E-state index in [9.17, 15) is 9.18 Å². The van der Waals surface area contributed by atoms with Crippen molar-refractivity contribution in [3.8, 4) is 0 Å². The fourth-order valence-corrected chi connectivity index (χ4v) is 1.98. The molecule has 0 aliphatic carbocycles. The summed E-state index contributed by atoms with van der Waals surface area (Å²) in [5.41, 5.74) is 1.34. The third-order valence-corrected chi connectivity index (χ3v) is 2.95. The molecule has 0 atom stereocenters. The van der Waals surface area contributed by atoms with Crippen molar-refractivity contribution in [2.75, 3.05) is 5.32 Å². The Morgan fingerprint density at radius 1 is 1.05 bits per heavy atom. The maximum absolute atomic E-state index is 13.2. The molecule has 0 fully saturated rings. The van der Waals surface area contributed by atoms with Gasteiger partial charge in [-0.3, -0.25) is 0 Å². The number of hydrogen-bond acceptors (Lipinski definition) is 2. The van der Waals surface area contributed by atoms with Gasteiger partial charge in [0, 0.05) is 11.4 Å². The highest BCUT2D eigenvalue weighted by Gasteiger charge is 2.08. The Hall–Kier alpha value is -1.78. The zero-order chi connectivity index (χ0) is 14.0. The van der Waals surface area contributed by atoms with E-state index in [0.717, 1.165) is 0 Å². The highest BCUT2D eigenvalue weighted by Crippen LogP contribution is 2.29. The first-order chi connectivity index (χ1) is 8.97. The van der Waals surface area contributed by atoms with E-state index in [0.29, 0.717) is 11.4 Å². The van der Waals surface area contributed by atoms with Gasteiger partial charge in [0.15, 0.2) is 5.82 Å². The summed E-state index contributed by atoms with van der Waals surface area (Å²) < 4.78 is 13.2. The lowest BCUT2D eigenvalue weighted by atomic mass is 10.2. The minimum atomic E-state index is -1.00. The van der Waals surface area contributed by atoms with E-state index in [1.54, 1.807) is 12.1 Å². The largest absolute Gasteiger partial charge is 0.478 e. The molecule has 0 aliphatic rings. The van der Waals surface area contributed by atoms with E-state index < -0.39 is 11.8 Å². The van der Waals surface area contributed by atoms with Crippen LogP contribution in [0.15, 0.2) is 36.4 Å². The Bertz CT molecular complexity index is 606. The van der Waals surface area contributed by atoms with Crippen molar-refractivity contribution in [2.24, 2.45) is 0 Å². The third kappa shape index (κ3) is 3.16. The standard InChI is InChI=1S/C13H8Cl2FNO2/c14-10-5-9(6-11(15)12(10)16)17-8-3-1-7(2-4-8)13(18)19/h1-6,17H,(H,18,19). The number of carboxylic acid groups (broad SMARTS) is 1. The lowest BCUT2D eigenvalue weighted by molar-refractivity contribution is 0.0697. The van der Waals surface area contributed by atoms with Crippen molar-refractivity contribution >= 4 is 40.5 Å². The Kier molecular flexibility index (Phi) is 3.93. The minimum Gasteiger partial charge on any atom is -0.478 e. The van der Waals surface area contributed by atoms with Crippen molar-refractivity contribution in [3.63, 3.8) is 0 Å². The Morgan fingerprint density at radius 2 is 1.58 bits per heavy atom. The number of hydrogen-bond donors (Lipinski definition) is 2. The summed E-state index contributed by atoms with van der Waals surface area (Å²) in [6.07, 6.45) is 0. The first-order valence-electron chi connectivity index (χ1n) is 5.22. The zero-order valence-corrected chi connectivity index (χ0v) is 11.0. The van der Waals surface area contributed by atoms with E-state index in [1.165, 1.54) is 24.3 Å². The number of nitrogens with one attached hydrogen (secondary N) is 1. The molecule has 0 heterocycles. The van der Waals surface area contributed by atoms with Crippen LogP contribution in [0.2, 0.25) is 10.0 Å². The molecule has 98 valence electrons. The molecule has 6 heteroatoms. The van der Waals surface area contributed by atoms with E-state index in [-0.39, 0.29) is 15.6 Å². The topological polar surface area (TPSA) is 49.3 Å². The highest BCUT2D eigenvalue weighted by molar-refractivity contribution is 6.35. The van der Waals surface area contributed by atoms with Gasteiger partial charge in [-0.15, -0.1) is 0 Å². The summed E-state index contributed by atoms with van der Waals surface area (Å²) in [4.78, 5) is 10.7. The predicted octanol–water partition coefficient (Wildman–Crippen LogP) is 4.57. The lowest BCUT2D eigenvalue weighted by Crippen LogP contribution is -1.97. The monoisotopic (exact) mass is 299 g/mol. The Morgan fingerprint density at radius 3 is 2.05 bits per heavy atom. The number of carbonyl (C=O) groups is 1. The van der Waals surface area contributed by atoms with Gasteiger partial charge >= 0.3 is 5.97 Å². The van der Waals surface area contributed by atoms with E-state index >= 15 is 0 Å². The molecule has 2 N–H and O–H groups in total. The average molecular weight is 300 g/mol. The van der Waals surface area contributed by atoms with Gasteiger partial charge in [-0.1, -0.05) is 23.2 Å². The van der Waals surface area contributed by atoms with Gasteiger partial charge in [0.1, 0.15) is 0 Å². The number of aromatic carboxylic acids is 1. The van der Waals surface area contributed by atoms with Crippen LogP contribution in [-0.4, -0.2) is 11.1 Å². The van der Waals surface area contributed by atoms with Gasteiger partial charge in [-0.2, -0.15) is 0 Å². The highest BCUT2D eigenvalue weighted by atomic mass is 35.5. The molecule has 2 aromatic rings. The van der Waals surface area contributed by atoms with Crippen LogP contribution in [0.4, 0.5) is 15.8 Å². The second-order valence-electron chi connectivity index (χ2n) is 3.76. The third-order valence-electron chi connectivity index (χ3n) is 2.40. The van der Waals surface area contributed by atoms with Crippen LogP contribution < -0.4 is 5.32 Å². The summed E-state index contributed by atoms with van der Waals surface area (Å²) in [6, 6.07) is 8.89. The molecule has 0 aromatic heterocycles. The number of benzene rings is 2. The van der Waals surface area contributed by atoms with Gasteiger partial charge in [0.2, 0.25) is 0 Å². The number of halogens is 3. The minimum absolute atomic E-state index is 0.0860. The number of carboxylic acids is 1. The van der Waals surface area contributed by atoms with Crippen molar-refractivity contribution < 1.29 is 14.3 Å². The molecule has 3 nitrogen and oxygen atoms in total. The van der Waals surface area contributed by atoms with Crippen molar-refractivity contribution in [2.45, 2.75) is 0 Å². The maximum Gasteiger partial charge on any atom is 0.335 e. The van der Waals surface area contributed by atoms with E-state index in [2.05, 4.69) is 5.32 Å². The van der Waals surface area contributed by atoms with Gasteiger partial charge in [-0.25, -0.2) is 9.18 Å². The quantitative estimate of drug-likeness (QED) is 0.816. The average Bonchev–Trinajstić information content (AvgIpc) is 2.36. The molecule has 19 heavy (non-hydrogen) atoms. The first kappa shape index (κ1) is 13.6. The van der Waals surface area contributed by atoms with Gasteiger partial charge in [0.05, 0.1) is 15.6 Å². The molecule has 2 rings (SSSR count). The summed E-state index contributed by atoms with van der Waals surface area (Å²) >= 11 is 11.3. The first-order valence-corrected chi connectivity index (χ1v) is 5.98. The van der Waals surface area contributed by atoms with Crippen molar-refractivity contribution in [3.05, 3.63) is 57.8 Å². The Labute approximate surface area is 118 Å². The van der Waals surface area contributed by atoms with E-state index in [1.807, 2.05) is 0 Å². The Balaban J connectivity index is 2.24. The summed E-state index contributed by atoms with van der Waals surface area (Å²) in [6.45, 7) is 0. The van der Waals surface area contributed by atoms with Crippen molar-refractivity contribution in [1.29, 1.82) is 0 Å². The van der Waals surface area contributed by atoms with Gasteiger partial charge in [-0.05, 0) is 36.4 Å². The molecule has 0 saturated heterocycles. The van der Waals surface area contributed by atoms with Crippen LogP contribution in [0.3, 0.4) is 0 Å². The molecule has 0 aliphatic heterocycles. The second kappa shape index (κ2) is 5.47. The molecule has 0 radical (unpaired) electrons. The number of anilines is 2. The molecule has 0 saturated carbocycles. The second-order valence-corrected chi connectivity index (χ2v) is 4.58. The van der Waals surface area contributed by atoms with Crippen LogP contribution in [-0.2, 0) is 0 Å². The molecule has 0 amide bonds. The summed E-state index contributed by atoms with van der Waals surface area (Å²) in [7, 11) is 0. The predicted molar refractivity (Wildman–Crippen MR) is 73.1 cm³/mol. The number of rotatable bonds is 3. The summed E-state index contributed by atoms with van der Waals surface area (Å²) in [5.74, 6) is -1.67. The molecule has 0 unspecified atom stereocenters. The van der Waals surface area contributed by atoms with Crippen LogP contribution >= 0.6 is 23.2 Å². The van der Waals surface area contributed by atoms with Crippen LogP contribution in [0.5, 0.6) is 0 Å². The fraction of sp³-hybridized carbons (Fsp3) is 0. The summed E-state index contributed by atoms with van der Waals surface area (Å²) in [5, 5.41) is 11.6. The van der Waals surface area contributed by atoms with Crippen LogP contribution in [0, 0.1) is 5.82 Å². The maximum atomic E-state index is 13.2. The molecular formula is C13H8Cl2FNO2. The molecule has 2 aromatic carbocycles. The van der Waals surface area contributed by atoms with Gasteiger partial charge in [0.25, 0.3) is 0 Å².